The van der Waals surface area contributed by atoms with Crippen molar-refractivity contribution < 1.29 is 17.9 Å². The highest BCUT2D eigenvalue weighted by Crippen LogP contribution is 2.26. The number of benzene rings is 3. The van der Waals surface area contributed by atoms with Gasteiger partial charge in [0.25, 0.3) is 15.9 Å². The third kappa shape index (κ3) is 5.76. The van der Waals surface area contributed by atoms with E-state index in [-0.39, 0.29) is 16.8 Å². The number of nitrogens with one attached hydrogen (secondary N) is 2. The summed E-state index contributed by atoms with van der Waals surface area (Å²) in [6, 6.07) is 22.6. The molecule has 1 aliphatic heterocycles. The zero-order valence-corrected chi connectivity index (χ0v) is 19.9. The Morgan fingerprint density at radius 1 is 0.971 bits per heavy atom. The molecule has 0 spiro atoms. The lowest BCUT2D eigenvalue weighted by molar-refractivity contribution is 0.0938. The molecule has 0 aliphatic carbocycles. The van der Waals surface area contributed by atoms with Gasteiger partial charge in [-0.1, -0.05) is 36.4 Å². The summed E-state index contributed by atoms with van der Waals surface area (Å²) in [4.78, 5) is 15.5. The fourth-order valence-corrected chi connectivity index (χ4v) is 5.24. The van der Waals surface area contributed by atoms with Gasteiger partial charge in [-0.05, 0) is 74.0 Å². The summed E-state index contributed by atoms with van der Waals surface area (Å²) in [6.45, 7) is 2.43. The molecular formula is C26H29N3O4S. The monoisotopic (exact) mass is 479 g/mol. The predicted octanol–water partition coefficient (Wildman–Crippen LogP) is 4.06. The maximum absolute atomic E-state index is 13.0. The summed E-state index contributed by atoms with van der Waals surface area (Å²) in [6.07, 6.45) is 2.29. The smallest absolute Gasteiger partial charge is 0.261 e. The number of hydrogen-bond acceptors (Lipinski definition) is 5. The third-order valence-corrected chi connectivity index (χ3v) is 7.37. The van der Waals surface area contributed by atoms with Crippen LogP contribution < -0.4 is 14.8 Å². The van der Waals surface area contributed by atoms with E-state index in [1.165, 1.54) is 12.1 Å². The number of sulfonamides is 1. The number of methoxy groups -OCH3 is 1. The lowest BCUT2D eigenvalue weighted by atomic mass is 10.0. The molecule has 1 saturated heterocycles. The Balaban J connectivity index is 1.46. The number of anilines is 1. The van der Waals surface area contributed by atoms with E-state index in [9.17, 15) is 13.2 Å². The van der Waals surface area contributed by atoms with E-state index in [2.05, 4.69) is 14.9 Å². The van der Waals surface area contributed by atoms with E-state index >= 15 is 0 Å². The largest absolute Gasteiger partial charge is 0.497 e. The molecule has 8 heteroatoms. The number of amides is 1. The normalized spacial score (nSPS) is 15.0. The number of hydrogen-bond donors (Lipinski definition) is 2. The number of ether oxygens (including phenoxy) is 1. The fourth-order valence-electron chi connectivity index (χ4n) is 4.17. The third-order valence-electron chi connectivity index (χ3n) is 5.97. The van der Waals surface area contributed by atoms with Gasteiger partial charge in [0.1, 0.15) is 5.75 Å². The van der Waals surface area contributed by atoms with Gasteiger partial charge in [0.05, 0.1) is 18.0 Å². The van der Waals surface area contributed by atoms with Gasteiger partial charge in [-0.25, -0.2) is 8.42 Å². The van der Waals surface area contributed by atoms with E-state index in [0.717, 1.165) is 37.2 Å². The van der Waals surface area contributed by atoms with E-state index in [4.69, 9.17) is 4.74 Å². The van der Waals surface area contributed by atoms with Crippen molar-refractivity contribution in [3.8, 4) is 5.75 Å². The first kappa shape index (κ1) is 23.8. The molecule has 0 aromatic heterocycles. The quantitative estimate of drug-likeness (QED) is 0.483. The molecule has 0 saturated carbocycles. The molecule has 0 radical (unpaired) electrons. The van der Waals surface area contributed by atoms with Crippen LogP contribution in [0.2, 0.25) is 0 Å². The molecule has 2 N–H and O–H groups in total. The molecule has 7 nitrogen and oxygen atoms in total. The Labute approximate surface area is 200 Å². The van der Waals surface area contributed by atoms with Gasteiger partial charge < -0.3 is 10.1 Å². The summed E-state index contributed by atoms with van der Waals surface area (Å²) >= 11 is 0. The zero-order chi connectivity index (χ0) is 24.0. The minimum absolute atomic E-state index is 0.0529. The Bertz CT molecular complexity index is 1210. The van der Waals surface area contributed by atoms with Gasteiger partial charge in [0.15, 0.2) is 0 Å². The van der Waals surface area contributed by atoms with Gasteiger partial charge in [0, 0.05) is 17.8 Å². The Morgan fingerprint density at radius 2 is 1.68 bits per heavy atom. The van der Waals surface area contributed by atoms with Crippen molar-refractivity contribution in [1.82, 2.24) is 10.2 Å². The van der Waals surface area contributed by atoms with E-state index < -0.39 is 10.0 Å². The predicted molar refractivity (Wildman–Crippen MR) is 133 cm³/mol. The van der Waals surface area contributed by atoms with Crippen molar-refractivity contribution in [3.05, 3.63) is 90.0 Å². The molecule has 1 amide bonds. The zero-order valence-electron chi connectivity index (χ0n) is 19.1. The first-order chi connectivity index (χ1) is 16.5. The summed E-state index contributed by atoms with van der Waals surface area (Å²) in [5, 5.41) is 3.04. The average Bonchev–Trinajstić information content (AvgIpc) is 3.39. The number of carbonyl (C=O) groups is 1. The lowest BCUT2D eigenvalue weighted by Gasteiger charge is -2.28. The molecule has 3 aromatic rings. The van der Waals surface area contributed by atoms with E-state index in [1.807, 2.05) is 24.3 Å². The summed E-state index contributed by atoms with van der Waals surface area (Å²) in [7, 11) is -2.09. The second-order valence-corrected chi connectivity index (χ2v) is 9.92. The first-order valence-corrected chi connectivity index (χ1v) is 12.8. The van der Waals surface area contributed by atoms with Crippen molar-refractivity contribution >= 4 is 21.6 Å². The van der Waals surface area contributed by atoms with Gasteiger partial charge in [0.2, 0.25) is 0 Å². The van der Waals surface area contributed by atoms with Crippen molar-refractivity contribution in [1.29, 1.82) is 0 Å². The minimum atomic E-state index is -3.73. The highest BCUT2D eigenvalue weighted by atomic mass is 32.2. The summed E-state index contributed by atoms with van der Waals surface area (Å²) in [5.74, 6) is 0.543. The van der Waals surface area contributed by atoms with Crippen LogP contribution in [0.25, 0.3) is 0 Å². The van der Waals surface area contributed by atoms with Crippen molar-refractivity contribution in [3.63, 3.8) is 0 Å². The molecule has 3 aromatic carbocycles. The van der Waals surface area contributed by atoms with Crippen LogP contribution in [-0.4, -0.2) is 46.0 Å². The Hall–Kier alpha value is -3.36. The average molecular weight is 480 g/mol. The number of nitrogens with zero attached hydrogens (tertiary/aromatic N) is 1. The second kappa shape index (κ2) is 10.7. The van der Waals surface area contributed by atoms with Crippen LogP contribution >= 0.6 is 0 Å². The molecule has 0 bridgehead atoms. The standard InChI is InChI=1S/C26H29N3O4S/c1-33-23-14-12-20(13-15-23)25(29-16-5-6-17-29)19-27-26(30)21-8-7-9-22(18-21)28-34(31,32)24-10-3-2-4-11-24/h2-4,7-15,18,25,28H,5-6,16-17,19H2,1H3,(H,27,30)/t25-/m0/s1. The summed E-state index contributed by atoms with van der Waals surface area (Å²) < 4.78 is 33.1. The number of carbonyl (C=O) groups excluding carboxylic acids is 1. The van der Waals surface area contributed by atoms with E-state index in [0.29, 0.717) is 17.8 Å². The Kier molecular flexibility index (Phi) is 7.49. The maximum atomic E-state index is 13.0. The van der Waals surface area contributed by atoms with Gasteiger partial charge in [-0.15, -0.1) is 0 Å². The van der Waals surface area contributed by atoms with Crippen LogP contribution in [-0.2, 0) is 10.0 Å². The van der Waals surface area contributed by atoms with Crippen LogP contribution in [0.15, 0.2) is 83.8 Å². The molecule has 1 fully saturated rings. The van der Waals surface area contributed by atoms with Crippen LogP contribution in [0.5, 0.6) is 5.75 Å². The van der Waals surface area contributed by atoms with Crippen molar-refractivity contribution in [2.24, 2.45) is 0 Å². The van der Waals surface area contributed by atoms with Crippen LogP contribution in [0.4, 0.5) is 5.69 Å². The molecular weight excluding hydrogens is 450 g/mol. The van der Waals surface area contributed by atoms with Gasteiger partial charge in [-0.2, -0.15) is 0 Å². The number of likely N-dealkylation sites (tertiary alicyclic amines) is 1. The SMILES string of the molecule is COc1ccc([C@H](CNC(=O)c2cccc(NS(=O)(=O)c3ccccc3)c2)N2CCCC2)cc1. The Morgan fingerprint density at radius 3 is 2.35 bits per heavy atom. The fraction of sp³-hybridized carbons (Fsp3) is 0.269. The van der Waals surface area contributed by atoms with Crippen LogP contribution in [0, 0.1) is 0 Å². The highest BCUT2D eigenvalue weighted by Gasteiger charge is 2.24. The van der Waals surface area contributed by atoms with Crippen LogP contribution in [0.3, 0.4) is 0 Å². The second-order valence-electron chi connectivity index (χ2n) is 8.24. The highest BCUT2D eigenvalue weighted by molar-refractivity contribution is 7.92. The minimum Gasteiger partial charge on any atom is -0.497 e. The lowest BCUT2D eigenvalue weighted by Crippen LogP contribution is -2.36. The molecule has 1 aliphatic rings. The number of rotatable bonds is 9. The van der Waals surface area contributed by atoms with E-state index in [1.54, 1.807) is 49.6 Å². The van der Waals surface area contributed by atoms with Crippen molar-refractivity contribution in [2.75, 3.05) is 31.5 Å². The molecule has 34 heavy (non-hydrogen) atoms. The van der Waals surface area contributed by atoms with Crippen LogP contribution in [0.1, 0.15) is 34.8 Å². The van der Waals surface area contributed by atoms with Gasteiger partial charge in [-0.3, -0.25) is 14.4 Å². The molecule has 1 heterocycles. The first-order valence-electron chi connectivity index (χ1n) is 11.3. The topological polar surface area (TPSA) is 87.7 Å². The summed E-state index contributed by atoms with van der Waals surface area (Å²) in [5.41, 5.74) is 1.85. The van der Waals surface area contributed by atoms with Gasteiger partial charge >= 0.3 is 0 Å². The van der Waals surface area contributed by atoms with Crippen molar-refractivity contribution in [2.45, 2.75) is 23.8 Å². The maximum Gasteiger partial charge on any atom is 0.261 e. The molecule has 178 valence electrons. The molecule has 1 atom stereocenters. The molecule has 0 unspecified atom stereocenters. The molecule has 4 rings (SSSR count).